The van der Waals surface area contributed by atoms with Crippen LogP contribution in [0.15, 0.2) is 24.3 Å². The lowest BCUT2D eigenvalue weighted by Gasteiger charge is -2.08. The van der Waals surface area contributed by atoms with E-state index in [1.165, 1.54) is 57.6 Å². The monoisotopic (exact) mass is 336 g/mol. The van der Waals surface area contributed by atoms with Crippen LogP contribution in [0, 0.1) is 0 Å². The van der Waals surface area contributed by atoms with E-state index in [0.29, 0.717) is 13.2 Å². The Hall–Kier alpha value is -1.55. The van der Waals surface area contributed by atoms with Crippen molar-refractivity contribution in [2.45, 2.75) is 58.3 Å². The maximum absolute atomic E-state index is 10.9. The largest absolute Gasteiger partial charge is 0.491 e. The summed E-state index contributed by atoms with van der Waals surface area (Å²) in [5, 5.41) is 0. The number of methoxy groups -OCH3 is 1. The van der Waals surface area contributed by atoms with E-state index in [9.17, 15) is 4.79 Å². The molecule has 136 valence electrons. The number of hydrogen-bond donors (Lipinski definition) is 0. The SMILES string of the molecule is CCCCCCCCCc1ccc(OCCOCC(=O)OC)cc1. The van der Waals surface area contributed by atoms with E-state index in [1.54, 1.807) is 0 Å². The smallest absolute Gasteiger partial charge is 0.331 e. The molecule has 0 amide bonds. The molecule has 4 nitrogen and oxygen atoms in total. The van der Waals surface area contributed by atoms with Gasteiger partial charge in [0.25, 0.3) is 0 Å². The number of carbonyl (C=O) groups excluding carboxylic acids is 1. The molecule has 1 aromatic carbocycles. The second-order valence-electron chi connectivity index (χ2n) is 5.99. The van der Waals surface area contributed by atoms with E-state index >= 15 is 0 Å². The Balaban J connectivity index is 2.07. The Kier molecular flexibility index (Phi) is 11.8. The molecule has 0 saturated heterocycles. The standard InChI is InChI=1S/C20H32O4/c1-3-4-5-6-7-8-9-10-18-11-13-19(14-12-18)24-16-15-23-17-20(21)22-2/h11-14H,3-10,15-17H2,1-2H3. The summed E-state index contributed by atoms with van der Waals surface area (Å²) >= 11 is 0. The van der Waals surface area contributed by atoms with E-state index < -0.39 is 0 Å². The molecule has 4 heteroatoms. The first kappa shape index (κ1) is 20.5. The van der Waals surface area contributed by atoms with Crippen LogP contribution in [0.3, 0.4) is 0 Å². The van der Waals surface area contributed by atoms with E-state index in [4.69, 9.17) is 9.47 Å². The number of carbonyl (C=O) groups is 1. The highest BCUT2D eigenvalue weighted by Crippen LogP contribution is 2.15. The summed E-state index contributed by atoms with van der Waals surface area (Å²) in [5.41, 5.74) is 1.36. The summed E-state index contributed by atoms with van der Waals surface area (Å²) in [6.07, 6.45) is 10.5. The minimum Gasteiger partial charge on any atom is -0.491 e. The van der Waals surface area contributed by atoms with Gasteiger partial charge in [-0.15, -0.1) is 0 Å². The van der Waals surface area contributed by atoms with Gasteiger partial charge in [0.2, 0.25) is 0 Å². The zero-order chi connectivity index (χ0) is 17.5. The Morgan fingerprint density at radius 3 is 2.25 bits per heavy atom. The topological polar surface area (TPSA) is 44.8 Å². The number of unbranched alkanes of at least 4 members (excludes halogenated alkanes) is 6. The maximum Gasteiger partial charge on any atom is 0.331 e. The average Bonchev–Trinajstić information content (AvgIpc) is 2.61. The molecule has 0 radical (unpaired) electrons. The van der Waals surface area contributed by atoms with Crippen molar-refractivity contribution >= 4 is 5.97 Å². The molecule has 0 fully saturated rings. The van der Waals surface area contributed by atoms with Crippen molar-refractivity contribution in [2.24, 2.45) is 0 Å². The van der Waals surface area contributed by atoms with Crippen LogP contribution in [0.4, 0.5) is 0 Å². The first-order valence-corrected chi connectivity index (χ1v) is 9.12. The number of hydrogen-bond acceptors (Lipinski definition) is 4. The molecule has 0 bridgehead atoms. The number of benzene rings is 1. The summed E-state index contributed by atoms with van der Waals surface area (Å²) in [4.78, 5) is 10.9. The van der Waals surface area contributed by atoms with Gasteiger partial charge in [-0.2, -0.15) is 0 Å². The van der Waals surface area contributed by atoms with Gasteiger partial charge in [-0.1, -0.05) is 57.6 Å². The minimum absolute atomic E-state index is 0.0305. The highest BCUT2D eigenvalue weighted by Gasteiger charge is 2.00. The average molecular weight is 336 g/mol. The van der Waals surface area contributed by atoms with Crippen molar-refractivity contribution in [3.05, 3.63) is 29.8 Å². The predicted molar refractivity (Wildman–Crippen MR) is 96.5 cm³/mol. The zero-order valence-corrected chi connectivity index (χ0v) is 15.2. The number of aryl methyl sites for hydroxylation is 1. The van der Waals surface area contributed by atoms with Gasteiger partial charge in [0, 0.05) is 0 Å². The van der Waals surface area contributed by atoms with Gasteiger partial charge < -0.3 is 14.2 Å². The normalized spacial score (nSPS) is 10.6. The van der Waals surface area contributed by atoms with E-state index in [2.05, 4.69) is 23.8 Å². The molecule has 0 aliphatic carbocycles. The quantitative estimate of drug-likeness (QED) is 0.369. The molecule has 0 N–H and O–H groups in total. The van der Waals surface area contributed by atoms with E-state index in [0.717, 1.165) is 12.2 Å². The van der Waals surface area contributed by atoms with Crippen LogP contribution in [0.2, 0.25) is 0 Å². The third kappa shape index (κ3) is 10.3. The lowest BCUT2D eigenvalue weighted by atomic mass is 10.0. The van der Waals surface area contributed by atoms with E-state index in [-0.39, 0.29) is 12.6 Å². The minimum atomic E-state index is -0.371. The maximum atomic E-state index is 10.9. The third-order valence-electron chi connectivity index (χ3n) is 3.94. The molecule has 1 rings (SSSR count). The van der Waals surface area contributed by atoms with Crippen LogP contribution in [0.25, 0.3) is 0 Å². The fourth-order valence-corrected chi connectivity index (χ4v) is 2.47. The summed E-state index contributed by atoms with van der Waals surface area (Å²) < 4.78 is 15.2. The van der Waals surface area contributed by atoms with Crippen LogP contribution < -0.4 is 4.74 Å². The summed E-state index contributed by atoms with van der Waals surface area (Å²) in [6, 6.07) is 8.25. The predicted octanol–water partition coefficient (Wildman–Crippen LogP) is 4.55. The highest BCUT2D eigenvalue weighted by molar-refractivity contribution is 5.70. The summed E-state index contributed by atoms with van der Waals surface area (Å²) in [6.45, 7) is 3.02. The molecule has 24 heavy (non-hydrogen) atoms. The first-order valence-electron chi connectivity index (χ1n) is 9.12. The molecular formula is C20H32O4. The lowest BCUT2D eigenvalue weighted by Crippen LogP contribution is -2.14. The zero-order valence-electron chi connectivity index (χ0n) is 15.2. The first-order chi connectivity index (χ1) is 11.8. The van der Waals surface area contributed by atoms with E-state index in [1.807, 2.05) is 12.1 Å². The fraction of sp³-hybridized carbons (Fsp3) is 0.650. The number of rotatable bonds is 14. The second kappa shape index (κ2) is 13.8. The fourth-order valence-electron chi connectivity index (χ4n) is 2.47. The van der Waals surface area contributed by atoms with Gasteiger partial charge in [0.15, 0.2) is 0 Å². The lowest BCUT2D eigenvalue weighted by molar-refractivity contribution is -0.146. The van der Waals surface area contributed by atoms with Gasteiger partial charge in [-0.05, 0) is 30.5 Å². The van der Waals surface area contributed by atoms with Gasteiger partial charge in [0.1, 0.15) is 19.0 Å². The van der Waals surface area contributed by atoms with Crippen LogP contribution in [-0.2, 0) is 20.7 Å². The molecule has 0 atom stereocenters. The molecule has 1 aromatic rings. The van der Waals surface area contributed by atoms with Gasteiger partial charge >= 0.3 is 5.97 Å². The van der Waals surface area contributed by atoms with Gasteiger partial charge in [-0.25, -0.2) is 4.79 Å². The van der Waals surface area contributed by atoms with Gasteiger partial charge in [0.05, 0.1) is 13.7 Å². The number of esters is 1. The van der Waals surface area contributed by atoms with Gasteiger partial charge in [-0.3, -0.25) is 0 Å². The molecule has 0 aliphatic heterocycles. The van der Waals surface area contributed by atoms with Crippen LogP contribution in [-0.4, -0.2) is 32.9 Å². The van der Waals surface area contributed by atoms with Crippen molar-refractivity contribution in [2.75, 3.05) is 26.9 Å². The van der Waals surface area contributed by atoms with Crippen molar-refractivity contribution in [1.82, 2.24) is 0 Å². The Bertz CT molecular complexity index is 428. The Morgan fingerprint density at radius 1 is 0.917 bits per heavy atom. The summed E-state index contributed by atoms with van der Waals surface area (Å²) in [7, 11) is 1.34. The molecule has 0 spiro atoms. The molecule has 0 heterocycles. The Labute approximate surface area is 146 Å². The molecule has 0 unspecified atom stereocenters. The molecular weight excluding hydrogens is 304 g/mol. The molecule has 0 aliphatic rings. The van der Waals surface area contributed by atoms with Crippen LogP contribution in [0.5, 0.6) is 5.75 Å². The van der Waals surface area contributed by atoms with Crippen LogP contribution in [0.1, 0.15) is 57.4 Å². The summed E-state index contributed by atoms with van der Waals surface area (Å²) in [5.74, 6) is 0.463. The van der Waals surface area contributed by atoms with Crippen molar-refractivity contribution in [3.8, 4) is 5.75 Å². The van der Waals surface area contributed by atoms with Crippen molar-refractivity contribution in [3.63, 3.8) is 0 Å². The molecule has 0 aromatic heterocycles. The van der Waals surface area contributed by atoms with Crippen molar-refractivity contribution < 1.29 is 19.0 Å². The van der Waals surface area contributed by atoms with Crippen molar-refractivity contribution in [1.29, 1.82) is 0 Å². The third-order valence-corrected chi connectivity index (χ3v) is 3.94. The highest BCUT2D eigenvalue weighted by atomic mass is 16.6. The second-order valence-corrected chi connectivity index (χ2v) is 5.99. The molecule has 0 saturated carbocycles. The van der Waals surface area contributed by atoms with Crippen LogP contribution >= 0.6 is 0 Å². The Morgan fingerprint density at radius 2 is 1.58 bits per heavy atom. The number of ether oxygens (including phenoxy) is 3.